The summed E-state index contributed by atoms with van der Waals surface area (Å²) in [5.41, 5.74) is 7.23. The molecule has 67 heavy (non-hydrogen) atoms. The Kier molecular flexibility index (Phi) is 17.5. The number of para-hydroxylation sites is 4. The van der Waals surface area contributed by atoms with E-state index in [9.17, 15) is 9.59 Å². The number of anilines is 2. The molecule has 0 spiro atoms. The molecule has 3 N–H and O–H groups in total. The highest BCUT2D eigenvalue weighted by atomic mass is 32.2. The number of aromatic nitrogens is 2. The van der Waals surface area contributed by atoms with Crippen LogP contribution in [0.25, 0.3) is 34.0 Å². The number of rotatable bonds is 24. The third-order valence-electron chi connectivity index (χ3n) is 12.1. The minimum Gasteiger partial charge on any atom is -0.378 e. The number of carbonyl (C=O) groups is 2. The van der Waals surface area contributed by atoms with Crippen LogP contribution >= 0.6 is 23.5 Å². The second kappa shape index (κ2) is 24.7. The first-order valence-corrected chi connectivity index (χ1v) is 25.3. The van der Waals surface area contributed by atoms with Crippen LogP contribution in [0.4, 0.5) is 11.4 Å². The molecule has 1 amide bonds. The third-order valence-corrected chi connectivity index (χ3v) is 14.3. The van der Waals surface area contributed by atoms with E-state index in [0.29, 0.717) is 45.7 Å². The summed E-state index contributed by atoms with van der Waals surface area (Å²) in [4.78, 5) is 29.8. The van der Waals surface area contributed by atoms with Gasteiger partial charge >= 0.3 is 0 Å². The summed E-state index contributed by atoms with van der Waals surface area (Å²) >= 11 is 3.56. The Balaban J connectivity index is 0.637. The van der Waals surface area contributed by atoms with Crippen molar-refractivity contribution in [1.29, 1.82) is 0 Å². The molecular weight excluding hydrogens is 869 g/mol. The molecule has 8 rings (SSSR count). The summed E-state index contributed by atoms with van der Waals surface area (Å²) in [6, 6.07) is 38.4. The second-order valence-electron chi connectivity index (χ2n) is 16.9. The van der Waals surface area contributed by atoms with Crippen LogP contribution in [0.1, 0.15) is 62.5 Å². The van der Waals surface area contributed by atoms with E-state index in [1.165, 1.54) is 53.4 Å². The summed E-state index contributed by atoms with van der Waals surface area (Å²) in [5.74, 6) is 0.292. The molecule has 4 aromatic carbocycles. The maximum Gasteiger partial charge on any atom is 0.220 e. The average Bonchev–Trinajstić information content (AvgIpc) is 3.92. The quantitative estimate of drug-likeness (QED) is 0.0409. The minimum atomic E-state index is 0.0623. The van der Waals surface area contributed by atoms with Crippen molar-refractivity contribution in [2.45, 2.75) is 74.2 Å². The van der Waals surface area contributed by atoms with E-state index < -0.39 is 0 Å². The molecule has 2 aliphatic heterocycles. The zero-order valence-electron chi connectivity index (χ0n) is 38.5. The maximum absolute atomic E-state index is 12.5. The molecule has 344 valence electrons. The van der Waals surface area contributed by atoms with E-state index >= 15 is 0 Å². The van der Waals surface area contributed by atoms with Gasteiger partial charge in [0, 0.05) is 79.9 Å². The third kappa shape index (κ3) is 13.4. The van der Waals surface area contributed by atoms with Gasteiger partial charge < -0.3 is 25.6 Å². The predicted molar refractivity (Wildman–Crippen MR) is 278 cm³/mol. The molecule has 6 aromatic rings. The molecule has 0 saturated carbocycles. The number of hydrogen-bond donors (Lipinski definition) is 3. The lowest BCUT2D eigenvalue weighted by Gasteiger charge is -2.12. The molecule has 9 nitrogen and oxygen atoms in total. The van der Waals surface area contributed by atoms with Crippen LogP contribution in [0.15, 0.2) is 166 Å². The number of ketones is 1. The Bertz CT molecular complexity index is 2760. The first-order chi connectivity index (χ1) is 33.0. The number of thioether (sulfide) groups is 2. The normalized spacial score (nSPS) is 14.5. The van der Waals surface area contributed by atoms with Gasteiger partial charge in [0.05, 0.1) is 52.0 Å². The molecule has 0 unspecified atom stereocenters. The highest BCUT2D eigenvalue weighted by molar-refractivity contribution is 8.04. The van der Waals surface area contributed by atoms with Gasteiger partial charge in [0.25, 0.3) is 0 Å². The smallest absolute Gasteiger partial charge is 0.220 e. The topological polar surface area (TPSA) is 90.5 Å². The van der Waals surface area contributed by atoms with Crippen LogP contribution < -0.4 is 30.0 Å². The first-order valence-electron chi connectivity index (χ1n) is 23.7. The van der Waals surface area contributed by atoms with Crippen molar-refractivity contribution in [1.82, 2.24) is 10.6 Å². The summed E-state index contributed by atoms with van der Waals surface area (Å²) in [7, 11) is 2.12. The molecule has 2 aliphatic rings. The maximum atomic E-state index is 12.5. The van der Waals surface area contributed by atoms with Crippen molar-refractivity contribution in [3.05, 3.63) is 167 Å². The fraction of sp³-hybridized carbons (Fsp3) is 0.286. The Morgan fingerprint density at radius 3 is 1.97 bits per heavy atom. The van der Waals surface area contributed by atoms with Crippen LogP contribution in [-0.2, 0) is 27.4 Å². The first kappa shape index (κ1) is 47.5. The number of aryl methyl sites for hydroxylation is 2. The van der Waals surface area contributed by atoms with Gasteiger partial charge in [0.1, 0.15) is 18.9 Å². The Hall–Kier alpha value is -5.98. The number of benzene rings is 4. The average molecular weight is 931 g/mol. The van der Waals surface area contributed by atoms with Gasteiger partial charge in [-0.3, -0.25) is 9.59 Å². The molecule has 4 heterocycles. The lowest BCUT2D eigenvalue weighted by Crippen LogP contribution is -2.34. The number of nitrogens with one attached hydrogen (secondary N) is 3. The van der Waals surface area contributed by atoms with Crippen LogP contribution in [0.2, 0.25) is 0 Å². The van der Waals surface area contributed by atoms with Crippen LogP contribution in [0.5, 0.6) is 0 Å². The summed E-state index contributed by atoms with van der Waals surface area (Å²) < 4.78 is 10.3. The molecule has 0 saturated heterocycles. The van der Waals surface area contributed by atoms with E-state index in [4.69, 9.17) is 4.74 Å². The number of ether oxygens (including phenoxy) is 1. The number of carbonyl (C=O) groups excluding carboxylic acids is 2. The largest absolute Gasteiger partial charge is 0.378 e. The fourth-order valence-corrected chi connectivity index (χ4v) is 10.5. The molecule has 0 aliphatic carbocycles. The summed E-state index contributed by atoms with van der Waals surface area (Å²) in [6.07, 6.45) is 24.1. The van der Waals surface area contributed by atoms with Crippen LogP contribution in [0.3, 0.4) is 0 Å². The lowest BCUT2D eigenvalue weighted by atomic mass is 10.1. The van der Waals surface area contributed by atoms with Crippen LogP contribution in [0, 0.1) is 0 Å². The minimum absolute atomic E-state index is 0.0623. The summed E-state index contributed by atoms with van der Waals surface area (Å²) in [5, 5.41) is 14.5. The number of unbranched alkanes of at least 4 members (excludes halogenated alkanes) is 4. The highest BCUT2D eigenvalue weighted by Crippen LogP contribution is 2.44. The van der Waals surface area contributed by atoms with Crippen molar-refractivity contribution >= 4 is 80.5 Å². The second-order valence-corrected chi connectivity index (χ2v) is 19.0. The number of amides is 1. The number of allylic oxidation sites excluding steroid dienone is 4. The van der Waals surface area contributed by atoms with Crippen molar-refractivity contribution < 1.29 is 23.5 Å². The summed E-state index contributed by atoms with van der Waals surface area (Å²) in [6.45, 7) is 4.22. The number of fused-ring (bicyclic) bond motifs is 4. The molecule has 0 fully saturated rings. The molecule has 2 aromatic heterocycles. The SMILES string of the molecule is CN1C(=CC=Cc2cc[n+](CCCCCC(=O)CNCCOCCNC(=O)CCCCC[n+]3ccc(C=CC=C4Nc5ccccc5S4)c4ccccc43)c3ccccc23)Sc2ccccc21. The number of pyridine rings is 2. The van der Waals surface area contributed by atoms with E-state index in [-0.39, 0.29) is 11.7 Å². The van der Waals surface area contributed by atoms with Gasteiger partial charge in [-0.05, 0) is 85.4 Å². The number of nitrogens with zero attached hydrogens (tertiary/aromatic N) is 3. The monoisotopic (exact) mass is 930 g/mol. The Labute approximate surface area is 404 Å². The predicted octanol–water partition coefficient (Wildman–Crippen LogP) is 10.8. The van der Waals surface area contributed by atoms with Crippen molar-refractivity contribution in [2.75, 3.05) is 50.1 Å². The van der Waals surface area contributed by atoms with Crippen molar-refractivity contribution in [3.8, 4) is 0 Å². The lowest BCUT2D eigenvalue weighted by molar-refractivity contribution is -0.672. The van der Waals surface area contributed by atoms with E-state index in [2.05, 4.69) is 195 Å². The van der Waals surface area contributed by atoms with Gasteiger partial charge in [-0.15, -0.1) is 0 Å². The fourth-order valence-electron chi connectivity index (χ4n) is 8.49. The van der Waals surface area contributed by atoms with Gasteiger partial charge in [-0.2, -0.15) is 9.13 Å². The Morgan fingerprint density at radius 2 is 1.27 bits per heavy atom. The van der Waals surface area contributed by atoms with Gasteiger partial charge in [-0.25, -0.2) is 0 Å². The van der Waals surface area contributed by atoms with E-state index in [1.807, 2.05) is 0 Å². The van der Waals surface area contributed by atoms with Crippen molar-refractivity contribution in [2.24, 2.45) is 0 Å². The molecular formula is C56H62N6O3S2+2. The van der Waals surface area contributed by atoms with E-state index in [0.717, 1.165) is 62.3 Å². The van der Waals surface area contributed by atoms with Crippen LogP contribution in [-0.4, -0.2) is 51.6 Å². The standard InChI is InChI=1S/C56H60N6O3S2/c1-60-51-26-11-13-28-53(51)67-56(60)31-17-19-44-33-39-61(50-25-10-7-22-47(44)50)36-14-2-4-20-45(63)42-57-34-40-65-41-35-58-54(64)29-5-3-15-37-62-38-32-43(46-21-6-9-24-49(46)62)18-16-30-55-59-48-23-8-12-27-52(48)66-55/h6-13,16-19,21-28,30-33,38-39,57H,2-5,14-15,20,29,34-37,40-42H2,1H3/p+2. The van der Waals surface area contributed by atoms with Gasteiger partial charge in [-0.1, -0.05) is 96.4 Å². The van der Waals surface area contributed by atoms with Gasteiger partial charge in [0.2, 0.25) is 16.9 Å². The zero-order valence-corrected chi connectivity index (χ0v) is 40.1. The molecule has 0 radical (unpaired) electrons. The van der Waals surface area contributed by atoms with E-state index in [1.54, 1.807) is 23.5 Å². The van der Waals surface area contributed by atoms with Crippen molar-refractivity contribution in [3.63, 3.8) is 0 Å². The Morgan fingerprint density at radius 1 is 0.657 bits per heavy atom. The van der Waals surface area contributed by atoms with Gasteiger partial charge in [0.15, 0.2) is 12.4 Å². The number of hydrogen-bond acceptors (Lipinski definition) is 8. The number of Topliss-reactive ketones (excluding diaryl/α,β-unsaturated/α-hetero) is 1. The molecule has 0 bridgehead atoms. The molecule has 11 heteroatoms. The molecule has 0 atom stereocenters. The zero-order chi connectivity index (χ0) is 46.0. The highest BCUT2D eigenvalue weighted by Gasteiger charge is 2.21.